The van der Waals surface area contributed by atoms with Crippen molar-refractivity contribution in [3.05, 3.63) is 158 Å². The molecule has 3 aromatic heterocycles. The van der Waals surface area contributed by atoms with Gasteiger partial charge in [0.05, 0.1) is 22.1 Å². The third-order valence-electron chi connectivity index (χ3n) is 9.30. The molecule has 10 aromatic rings. The Labute approximate surface area is 263 Å². The number of hydrogen-bond donors (Lipinski definition) is 0. The fraction of sp³-hybridized carbons (Fsp3) is 0. The van der Waals surface area contributed by atoms with Crippen LogP contribution < -0.4 is 0 Å². The molecule has 0 bridgehead atoms. The third kappa shape index (κ3) is 3.50. The van der Waals surface area contributed by atoms with E-state index in [9.17, 15) is 0 Å². The number of nitrogens with zero attached hydrogens (tertiary/aromatic N) is 2. The van der Waals surface area contributed by atoms with Gasteiger partial charge >= 0.3 is 0 Å². The van der Waals surface area contributed by atoms with Gasteiger partial charge in [-0.25, -0.2) is 0 Å². The molecule has 0 amide bonds. The van der Waals surface area contributed by atoms with Crippen LogP contribution in [0.15, 0.2) is 158 Å². The van der Waals surface area contributed by atoms with E-state index in [2.05, 4.69) is 167 Å². The molecule has 0 N–H and O–H groups in total. The minimum Gasteiger partial charge on any atom is -0.309 e. The molecule has 45 heavy (non-hydrogen) atoms. The maximum Gasteiger partial charge on any atom is 0.0641 e. The maximum atomic E-state index is 2.49. The highest BCUT2D eigenvalue weighted by Crippen LogP contribution is 2.43. The molecule has 0 saturated heterocycles. The monoisotopic (exact) mass is 590 g/mol. The molecule has 0 aliphatic heterocycles. The van der Waals surface area contributed by atoms with Gasteiger partial charge in [-0.3, -0.25) is 0 Å². The van der Waals surface area contributed by atoms with Crippen molar-refractivity contribution >= 4 is 75.1 Å². The second kappa shape index (κ2) is 9.43. The summed E-state index contributed by atoms with van der Waals surface area (Å²) in [6.45, 7) is 0. The van der Waals surface area contributed by atoms with E-state index in [4.69, 9.17) is 0 Å². The normalized spacial score (nSPS) is 12.0. The molecule has 10 rings (SSSR count). The van der Waals surface area contributed by atoms with Crippen molar-refractivity contribution in [1.29, 1.82) is 0 Å². The Morgan fingerprint density at radius 1 is 0.400 bits per heavy atom. The van der Waals surface area contributed by atoms with Crippen molar-refractivity contribution < 1.29 is 0 Å². The molecule has 0 atom stereocenters. The third-order valence-corrected chi connectivity index (χ3v) is 10.5. The molecule has 0 fully saturated rings. The van der Waals surface area contributed by atoms with Crippen LogP contribution >= 0.6 is 11.3 Å². The molecule has 0 aliphatic carbocycles. The highest BCUT2D eigenvalue weighted by molar-refractivity contribution is 7.26. The van der Waals surface area contributed by atoms with E-state index in [-0.39, 0.29) is 0 Å². The van der Waals surface area contributed by atoms with Gasteiger partial charge in [-0.15, -0.1) is 11.3 Å². The van der Waals surface area contributed by atoms with E-state index in [0.29, 0.717) is 0 Å². The standard InChI is InChI=1S/C42H26N2S/c1-2-13-28(14-3-1)43-37-22-8-5-18-35(37)40-38(43)25-24-33-31-16-4-7-21-36(31)44(41(33)40)29-15-10-12-27(26-29)30-19-11-20-34-32-17-6-9-23-39(32)45-42(30)34/h1-26H. The van der Waals surface area contributed by atoms with Gasteiger partial charge in [0.1, 0.15) is 0 Å². The molecule has 7 aromatic carbocycles. The zero-order valence-corrected chi connectivity index (χ0v) is 25.1. The summed E-state index contributed by atoms with van der Waals surface area (Å²) in [6.07, 6.45) is 0. The van der Waals surface area contributed by atoms with Crippen molar-refractivity contribution in [2.45, 2.75) is 0 Å². The first-order valence-electron chi connectivity index (χ1n) is 15.4. The average molecular weight is 591 g/mol. The van der Waals surface area contributed by atoms with Crippen LogP contribution in [0.2, 0.25) is 0 Å². The van der Waals surface area contributed by atoms with Crippen LogP contribution in [-0.2, 0) is 0 Å². The zero-order valence-electron chi connectivity index (χ0n) is 24.3. The predicted molar refractivity (Wildman–Crippen MR) is 193 cm³/mol. The van der Waals surface area contributed by atoms with Crippen molar-refractivity contribution in [3.63, 3.8) is 0 Å². The van der Waals surface area contributed by atoms with E-state index in [1.165, 1.54) is 86.3 Å². The lowest BCUT2D eigenvalue weighted by molar-refractivity contribution is 1.17. The van der Waals surface area contributed by atoms with Crippen LogP contribution in [0.5, 0.6) is 0 Å². The van der Waals surface area contributed by atoms with E-state index >= 15 is 0 Å². The summed E-state index contributed by atoms with van der Waals surface area (Å²) in [4.78, 5) is 0. The van der Waals surface area contributed by atoms with E-state index < -0.39 is 0 Å². The predicted octanol–water partition coefficient (Wildman–Crippen LogP) is 11.9. The SMILES string of the molecule is c1ccc(-n2c3ccccc3c3c2ccc2c4ccccc4n(-c4cccc(-c5cccc6c5sc5ccccc56)c4)c23)cc1. The van der Waals surface area contributed by atoms with Crippen molar-refractivity contribution in [2.24, 2.45) is 0 Å². The van der Waals surface area contributed by atoms with Gasteiger partial charge in [0, 0.05) is 53.1 Å². The minimum absolute atomic E-state index is 1.17. The zero-order chi connectivity index (χ0) is 29.5. The summed E-state index contributed by atoms with van der Waals surface area (Å²) >= 11 is 1.89. The van der Waals surface area contributed by atoms with Crippen LogP contribution in [0.4, 0.5) is 0 Å². The van der Waals surface area contributed by atoms with Crippen LogP contribution in [0.1, 0.15) is 0 Å². The Bertz CT molecular complexity index is 2760. The number of aromatic nitrogens is 2. The number of fused-ring (bicyclic) bond motifs is 10. The van der Waals surface area contributed by atoms with E-state index in [0.717, 1.165) is 0 Å². The lowest BCUT2D eigenvalue weighted by Gasteiger charge is -2.12. The summed E-state index contributed by atoms with van der Waals surface area (Å²) in [5, 5.41) is 7.73. The maximum absolute atomic E-state index is 2.49. The summed E-state index contributed by atoms with van der Waals surface area (Å²) in [5.74, 6) is 0. The molecular formula is C42H26N2S. The van der Waals surface area contributed by atoms with Crippen LogP contribution in [0.3, 0.4) is 0 Å². The molecule has 210 valence electrons. The number of thiophene rings is 1. The summed E-state index contributed by atoms with van der Waals surface area (Å²) in [5.41, 5.74) is 9.74. The van der Waals surface area contributed by atoms with E-state index in [1.807, 2.05) is 11.3 Å². The second-order valence-corrected chi connectivity index (χ2v) is 12.8. The molecule has 0 aliphatic rings. The van der Waals surface area contributed by atoms with Crippen LogP contribution in [-0.4, -0.2) is 9.13 Å². The number of rotatable bonds is 3. The molecular weight excluding hydrogens is 565 g/mol. The van der Waals surface area contributed by atoms with Gasteiger partial charge < -0.3 is 9.13 Å². The first kappa shape index (κ1) is 24.8. The largest absolute Gasteiger partial charge is 0.309 e. The Morgan fingerprint density at radius 3 is 1.93 bits per heavy atom. The second-order valence-electron chi connectivity index (χ2n) is 11.7. The Balaban J connectivity index is 1.31. The van der Waals surface area contributed by atoms with Gasteiger partial charge in [-0.2, -0.15) is 0 Å². The fourth-order valence-electron chi connectivity index (χ4n) is 7.42. The quantitative estimate of drug-likeness (QED) is 0.194. The minimum atomic E-state index is 1.17. The molecule has 0 saturated carbocycles. The lowest BCUT2D eigenvalue weighted by Crippen LogP contribution is -1.95. The summed E-state index contributed by atoms with van der Waals surface area (Å²) in [7, 11) is 0. The fourth-order valence-corrected chi connectivity index (χ4v) is 8.66. The molecule has 0 unspecified atom stereocenters. The summed E-state index contributed by atoms with van der Waals surface area (Å²) < 4.78 is 7.57. The molecule has 3 heteroatoms. The first-order valence-corrected chi connectivity index (χ1v) is 16.2. The van der Waals surface area contributed by atoms with Crippen molar-refractivity contribution in [3.8, 4) is 22.5 Å². The van der Waals surface area contributed by atoms with Crippen LogP contribution in [0, 0.1) is 0 Å². The van der Waals surface area contributed by atoms with Gasteiger partial charge in [-0.05, 0) is 59.7 Å². The van der Waals surface area contributed by atoms with Gasteiger partial charge in [-0.1, -0.05) is 109 Å². The molecule has 0 spiro atoms. The molecule has 2 nitrogen and oxygen atoms in total. The van der Waals surface area contributed by atoms with E-state index in [1.54, 1.807) is 0 Å². The molecule has 3 heterocycles. The lowest BCUT2D eigenvalue weighted by atomic mass is 10.0. The number of benzene rings is 7. The van der Waals surface area contributed by atoms with Gasteiger partial charge in [0.25, 0.3) is 0 Å². The van der Waals surface area contributed by atoms with Crippen molar-refractivity contribution in [2.75, 3.05) is 0 Å². The number of hydrogen-bond acceptors (Lipinski definition) is 1. The van der Waals surface area contributed by atoms with Crippen molar-refractivity contribution in [1.82, 2.24) is 9.13 Å². The smallest absolute Gasteiger partial charge is 0.0641 e. The Hall–Kier alpha value is -5.64. The molecule has 0 radical (unpaired) electrons. The Morgan fingerprint density at radius 2 is 1.07 bits per heavy atom. The Kier molecular flexibility index (Phi) is 5.19. The van der Waals surface area contributed by atoms with Gasteiger partial charge in [0.15, 0.2) is 0 Å². The van der Waals surface area contributed by atoms with Gasteiger partial charge in [0.2, 0.25) is 0 Å². The van der Waals surface area contributed by atoms with Crippen LogP contribution in [0.25, 0.3) is 86.3 Å². The number of para-hydroxylation sites is 3. The highest BCUT2D eigenvalue weighted by Gasteiger charge is 2.21. The average Bonchev–Trinajstić information content (AvgIpc) is 3.76. The summed E-state index contributed by atoms with van der Waals surface area (Å²) in [6, 6.07) is 57.6. The topological polar surface area (TPSA) is 9.86 Å². The highest BCUT2D eigenvalue weighted by atomic mass is 32.1. The first-order chi connectivity index (χ1) is 22.3.